The Morgan fingerprint density at radius 3 is 1.88 bits per heavy atom. The minimum atomic E-state index is -0.599. The summed E-state index contributed by atoms with van der Waals surface area (Å²) in [6.07, 6.45) is 0. The largest absolute Gasteiger partial charge is 0.366 e. The molecule has 1 aromatic heterocycles. The molecule has 0 aliphatic rings. The van der Waals surface area contributed by atoms with Gasteiger partial charge in [-0.3, -0.25) is 9.59 Å². The quantitative estimate of drug-likeness (QED) is 0.301. The van der Waals surface area contributed by atoms with Crippen LogP contribution in [0.25, 0.3) is 22.5 Å². The van der Waals surface area contributed by atoms with E-state index in [-0.39, 0.29) is 11.5 Å². The van der Waals surface area contributed by atoms with Gasteiger partial charge >= 0.3 is 0 Å². The van der Waals surface area contributed by atoms with Crippen molar-refractivity contribution in [2.75, 3.05) is 5.32 Å². The minimum absolute atomic E-state index is 0.261. The number of nitrogens with two attached hydrogens (primary N) is 1. The van der Waals surface area contributed by atoms with Crippen LogP contribution in [0.2, 0.25) is 0 Å². The number of para-hydroxylation sites is 1. The summed E-state index contributed by atoms with van der Waals surface area (Å²) in [5.74, 6) is -0.874. The van der Waals surface area contributed by atoms with Crippen LogP contribution in [0.3, 0.4) is 0 Å². The van der Waals surface area contributed by atoms with Crippen LogP contribution < -0.4 is 11.1 Å². The third-order valence-electron chi connectivity index (χ3n) is 4.95. The molecule has 4 aromatic rings. The smallest absolute Gasteiger partial charge is 0.250 e. The minimum Gasteiger partial charge on any atom is -0.366 e. The van der Waals surface area contributed by atoms with Crippen LogP contribution in [-0.4, -0.2) is 27.0 Å². The van der Waals surface area contributed by atoms with Gasteiger partial charge in [-0.25, -0.2) is 9.97 Å². The van der Waals surface area contributed by atoms with Gasteiger partial charge in [0.25, 0.3) is 5.91 Å². The van der Waals surface area contributed by atoms with Gasteiger partial charge in [-0.05, 0) is 25.1 Å². The zero-order chi connectivity index (χ0) is 23.2. The molecular weight excluding hydrogens is 432 g/mol. The summed E-state index contributed by atoms with van der Waals surface area (Å²) < 4.78 is 0. The van der Waals surface area contributed by atoms with Gasteiger partial charge in [0.15, 0.2) is 5.16 Å². The average Bonchev–Trinajstić information content (AvgIpc) is 2.85. The molecule has 0 radical (unpaired) electrons. The summed E-state index contributed by atoms with van der Waals surface area (Å²) in [4.78, 5) is 33.9. The molecule has 1 atom stereocenters. The lowest BCUT2D eigenvalue weighted by Gasteiger charge is -2.14. The lowest BCUT2D eigenvalue weighted by Crippen LogP contribution is -2.25. The Morgan fingerprint density at radius 1 is 0.818 bits per heavy atom. The molecule has 4 rings (SSSR count). The van der Waals surface area contributed by atoms with Crippen molar-refractivity contribution >= 4 is 29.3 Å². The number of hydrogen-bond acceptors (Lipinski definition) is 5. The van der Waals surface area contributed by atoms with E-state index in [9.17, 15) is 9.59 Å². The van der Waals surface area contributed by atoms with Gasteiger partial charge in [0.2, 0.25) is 5.91 Å². The van der Waals surface area contributed by atoms with Crippen molar-refractivity contribution in [3.05, 3.63) is 96.6 Å². The average molecular weight is 455 g/mol. The van der Waals surface area contributed by atoms with Gasteiger partial charge in [-0.2, -0.15) is 0 Å². The zero-order valence-electron chi connectivity index (χ0n) is 17.9. The fraction of sp³-hybridized carbons (Fsp3) is 0.0769. The van der Waals surface area contributed by atoms with Crippen LogP contribution in [0, 0.1) is 0 Å². The number of anilines is 1. The molecule has 1 heterocycles. The van der Waals surface area contributed by atoms with Crippen LogP contribution >= 0.6 is 11.8 Å². The lowest BCUT2D eigenvalue weighted by atomic mass is 10.1. The molecule has 3 aromatic carbocycles. The van der Waals surface area contributed by atoms with Crippen LogP contribution in [0.4, 0.5) is 5.69 Å². The van der Waals surface area contributed by atoms with Crippen molar-refractivity contribution in [2.24, 2.45) is 5.73 Å². The molecule has 0 fully saturated rings. The van der Waals surface area contributed by atoms with E-state index in [1.54, 1.807) is 31.2 Å². The summed E-state index contributed by atoms with van der Waals surface area (Å²) in [5, 5.41) is 2.76. The van der Waals surface area contributed by atoms with Crippen LogP contribution in [0.15, 0.2) is 96.2 Å². The van der Waals surface area contributed by atoms with E-state index in [0.29, 0.717) is 10.8 Å². The SMILES string of the molecule is CC(Sc1nc(-c2ccccc2)cc(-c2ccccc2)n1)C(=O)Nc1ccccc1C(N)=O. The number of amides is 2. The van der Waals surface area contributed by atoms with Crippen molar-refractivity contribution in [1.82, 2.24) is 9.97 Å². The molecule has 0 spiro atoms. The summed E-state index contributed by atoms with van der Waals surface area (Å²) in [6, 6.07) is 28.3. The Hall–Kier alpha value is -3.97. The number of rotatable bonds is 7. The number of nitrogens with zero attached hydrogens (tertiary/aromatic N) is 2. The van der Waals surface area contributed by atoms with E-state index >= 15 is 0 Å². The lowest BCUT2D eigenvalue weighted by molar-refractivity contribution is -0.115. The number of carbonyl (C=O) groups excluding carboxylic acids is 2. The molecule has 2 amide bonds. The number of primary amides is 1. The van der Waals surface area contributed by atoms with E-state index in [0.717, 1.165) is 22.5 Å². The van der Waals surface area contributed by atoms with E-state index < -0.39 is 11.2 Å². The first kappa shape index (κ1) is 22.2. The molecular formula is C26H22N4O2S. The van der Waals surface area contributed by atoms with E-state index in [1.165, 1.54) is 11.8 Å². The van der Waals surface area contributed by atoms with Crippen LogP contribution in [0.1, 0.15) is 17.3 Å². The fourth-order valence-corrected chi connectivity index (χ4v) is 4.03. The highest BCUT2D eigenvalue weighted by molar-refractivity contribution is 8.00. The maximum atomic E-state index is 12.9. The number of hydrogen-bond donors (Lipinski definition) is 2. The highest BCUT2D eigenvalue weighted by Gasteiger charge is 2.19. The zero-order valence-corrected chi connectivity index (χ0v) is 18.8. The van der Waals surface area contributed by atoms with Gasteiger partial charge < -0.3 is 11.1 Å². The molecule has 0 saturated carbocycles. The Morgan fingerprint density at radius 2 is 1.33 bits per heavy atom. The summed E-state index contributed by atoms with van der Waals surface area (Å²) in [6.45, 7) is 1.77. The Labute approximate surface area is 196 Å². The van der Waals surface area contributed by atoms with Gasteiger partial charge in [0.1, 0.15) is 0 Å². The van der Waals surface area contributed by atoms with Gasteiger partial charge in [-0.15, -0.1) is 0 Å². The van der Waals surface area contributed by atoms with Gasteiger partial charge in [0.05, 0.1) is 27.9 Å². The maximum Gasteiger partial charge on any atom is 0.250 e. The van der Waals surface area contributed by atoms with Crippen molar-refractivity contribution in [3.8, 4) is 22.5 Å². The Balaban J connectivity index is 1.62. The van der Waals surface area contributed by atoms with Crippen molar-refractivity contribution in [1.29, 1.82) is 0 Å². The monoisotopic (exact) mass is 454 g/mol. The second-order valence-corrected chi connectivity index (χ2v) is 8.62. The summed E-state index contributed by atoms with van der Waals surface area (Å²) in [5.41, 5.74) is 9.54. The molecule has 0 saturated heterocycles. The number of carbonyl (C=O) groups is 2. The summed E-state index contributed by atoms with van der Waals surface area (Å²) >= 11 is 1.25. The molecule has 33 heavy (non-hydrogen) atoms. The third-order valence-corrected chi connectivity index (χ3v) is 5.91. The van der Waals surface area contributed by atoms with Crippen LogP contribution in [-0.2, 0) is 4.79 Å². The van der Waals surface area contributed by atoms with E-state index in [2.05, 4.69) is 5.32 Å². The van der Waals surface area contributed by atoms with E-state index in [4.69, 9.17) is 15.7 Å². The first-order valence-corrected chi connectivity index (χ1v) is 11.3. The van der Waals surface area contributed by atoms with Crippen LogP contribution in [0.5, 0.6) is 0 Å². The van der Waals surface area contributed by atoms with Crippen molar-refractivity contribution < 1.29 is 9.59 Å². The summed E-state index contributed by atoms with van der Waals surface area (Å²) in [7, 11) is 0. The first-order chi connectivity index (χ1) is 16.0. The van der Waals surface area contributed by atoms with Crippen molar-refractivity contribution in [3.63, 3.8) is 0 Å². The molecule has 164 valence electrons. The molecule has 0 aliphatic heterocycles. The normalized spacial score (nSPS) is 11.5. The Bertz CT molecular complexity index is 1220. The Kier molecular flexibility index (Phi) is 6.80. The number of benzene rings is 3. The van der Waals surface area contributed by atoms with Gasteiger partial charge in [-0.1, -0.05) is 84.6 Å². The molecule has 0 bridgehead atoms. The first-order valence-electron chi connectivity index (χ1n) is 10.4. The molecule has 0 aliphatic carbocycles. The number of aromatic nitrogens is 2. The predicted octanol–water partition coefficient (Wildman–Crippen LogP) is 5.03. The maximum absolute atomic E-state index is 12.9. The molecule has 7 heteroatoms. The highest BCUT2D eigenvalue weighted by atomic mass is 32.2. The second kappa shape index (κ2) is 10.1. The predicted molar refractivity (Wildman–Crippen MR) is 132 cm³/mol. The highest BCUT2D eigenvalue weighted by Crippen LogP contribution is 2.29. The topological polar surface area (TPSA) is 98.0 Å². The van der Waals surface area contributed by atoms with Gasteiger partial charge in [0, 0.05) is 11.1 Å². The molecule has 3 N–H and O–H groups in total. The molecule has 1 unspecified atom stereocenters. The third kappa shape index (κ3) is 5.45. The fourth-order valence-electron chi connectivity index (χ4n) is 3.24. The number of nitrogens with one attached hydrogen (secondary N) is 1. The van der Waals surface area contributed by atoms with E-state index in [1.807, 2.05) is 66.7 Å². The second-order valence-electron chi connectivity index (χ2n) is 7.31. The number of thioether (sulfide) groups is 1. The standard InChI is InChI=1S/C26H22N4O2S/c1-17(25(32)28-21-15-9-8-14-20(21)24(27)31)33-26-29-22(18-10-4-2-5-11-18)16-23(30-26)19-12-6-3-7-13-19/h2-17H,1H3,(H2,27,31)(H,28,32). The molecule has 6 nitrogen and oxygen atoms in total. The van der Waals surface area contributed by atoms with Crippen molar-refractivity contribution in [2.45, 2.75) is 17.3 Å².